The summed E-state index contributed by atoms with van der Waals surface area (Å²) >= 11 is 7.15. The van der Waals surface area contributed by atoms with Gasteiger partial charge in [-0.05, 0) is 68.8 Å². The minimum absolute atomic E-state index is 0.0848. The standard InChI is InChI=1S/C33H35ClFN9O3S/c34-23-6-4-22(25(35)15-23)18-47-31-3-1-2-26(38-31)20-8-11-43(12-9-20)17-30-37-27-14-21(5-7-28(27)44(30)16-24-10-13-46-24)32-39-33(41-40-32)48-19-29(36)42-45/h1-7,14-15,20,24,45H,8-13,16-19H2,(H2,36,42)(H,39,40,41)/t24-/m0/s1. The van der Waals surface area contributed by atoms with Crippen LogP contribution in [-0.2, 0) is 24.4 Å². The predicted octanol–water partition coefficient (Wildman–Crippen LogP) is 5.59. The first kappa shape index (κ1) is 32.3. The Morgan fingerprint density at radius 3 is 2.75 bits per heavy atom. The number of benzene rings is 2. The lowest BCUT2D eigenvalue weighted by Gasteiger charge is -2.32. The molecule has 0 radical (unpaired) electrons. The number of aromatic nitrogens is 6. The molecule has 2 aliphatic rings. The molecule has 15 heteroatoms. The van der Waals surface area contributed by atoms with Crippen molar-refractivity contribution in [3.63, 3.8) is 0 Å². The van der Waals surface area contributed by atoms with Gasteiger partial charge in [0.2, 0.25) is 11.0 Å². The van der Waals surface area contributed by atoms with Crippen molar-refractivity contribution in [3.05, 3.63) is 82.5 Å². The van der Waals surface area contributed by atoms with Gasteiger partial charge in [-0.1, -0.05) is 40.7 Å². The lowest BCUT2D eigenvalue weighted by molar-refractivity contribution is -0.0592. The van der Waals surface area contributed by atoms with Gasteiger partial charge in [0.25, 0.3) is 0 Å². The summed E-state index contributed by atoms with van der Waals surface area (Å²) in [4.78, 5) is 16.9. The number of hydrogen-bond acceptors (Lipinski definition) is 10. The van der Waals surface area contributed by atoms with Crippen LogP contribution in [0.2, 0.25) is 5.02 Å². The maximum Gasteiger partial charge on any atom is 0.213 e. The van der Waals surface area contributed by atoms with Crippen LogP contribution in [0.3, 0.4) is 0 Å². The molecule has 2 saturated heterocycles. The summed E-state index contributed by atoms with van der Waals surface area (Å²) in [6.45, 7) is 4.18. The van der Waals surface area contributed by atoms with Gasteiger partial charge in [-0.3, -0.25) is 10.00 Å². The molecule has 0 amide bonds. The zero-order valence-corrected chi connectivity index (χ0v) is 27.6. The number of rotatable bonds is 12. The molecule has 0 unspecified atom stereocenters. The van der Waals surface area contributed by atoms with Crippen molar-refractivity contribution in [1.82, 2.24) is 34.6 Å². The maximum absolute atomic E-state index is 14.2. The van der Waals surface area contributed by atoms with Gasteiger partial charge in [-0.25, -0.2) is 19.3 Å². The van der Waals surface area contributed by atoms with E-state index in [2.05, 4.69) is 35.9 Å². The second-order valence-electron chi connectivity index (χ2n) is 11.9. The largest absolute Gasteiger partial charge is 0.473 e. The van der Waals surface area contributed by atoms with Crippen LogP contribution >= 0.6 is 23.4 Å². The quantitative estimate of drug-likeness (QED) is 0.0496. The highest BCUT2D eigenvalue weighted by Crippen LogP contribution is 2.31. The van der Waals surface area contributed by atoms with E-state index in [1.54, 1.807) is 18.2 Å². The van der Waals surface area contributed by atoms with Crippen LogP contribution in [0.1, 0.15) is 42.3 Å². The van der Waals surface area contributed by atoms with E-state index < -0.39 is 5.82 Å². The molecule has 1 atom stereocenters. The van der Waals surface area contributed by atoms with Crippen LogP contribution in [0, 0.1) is 5.82 Å². The molecule has 3 aromatic heterocycles. The number of fused-ring (bicyclic) bond motifs is 1. The lowest BCUT2D eigenvalue weighted by atomic mass is 9.93. The Bertz CT molecular complexity index is 1920. The predicted molar refractivity (Wildman–Crippen MR) is 181 cm³/mol. The first-order chi connectivity index (χ1) is 23.4. The number of nitrogens with one attached hydrogen (secondary N) is 1. The first-order valence-electron chi connectivity index (χ1n) is 15.8. The van der Waals surface area contributed by atoms with E-state index in [9.17, 15) is 4.39 Å². The van der Waals surface area contributed by atoms with Crippen molar-refractivity contribution in [1.29, 1.82) is 0 Å². The van der Waals surface area contributed by atoms with E-state index in [1.165, 1.54) is 17.8 Å². The van der Waals surface area contributed by atoms with Crippen molar-refractivity contribution < 1.29 is 19.1 Å². The van der Waals surface area contributed by atoms with Crippen molar-refractivity contribution in [2.24, 2.45) is 10.9 Å². The van der Waals surface area contributed by atoms with Gasteiger partial charge >= 0.3 is 0 Å². The highest BCUT2D eigenvalue weighted by molar-refractivity contribution is 7.99. The molecule has 7 rings (SSSR count). The van der Waals surface area contributed by atoms with E-state index in [-0.39, 0.29) is 24.3 Å². The van der Waals surface area contributed by atoms with Crippen molar-refractivity contribution >= 4 is 40.2 Å². The molecule has 0 spiro atoms. The molecule has 2 fully saturated rings. The fourth-order valence-electron chi connectivity index (χ4n) is 6.01. The summed E-state index contributed by atoms with van der Waals surface area (Å²) in [6, 6.07) is 16.5. The second-order valence-corrected chi connectivity index (χ2v) is 13.3. The maximum atomic E-state index is 14.2. The lowest BCUT2D eigenvalue weighted by Crippen LogP contribution is -2.35. The average molecular weight is 692 g/mol. The Kier molecular flexibility index (Phi) is 9.75. The van der Waals surface area contributed by atoms with Gasteiger partial charge < -0.3 is 25.0 Å². The van der Waals surface area contributed by atoms with Crippen LogP contribution in [0.25, 0.3) is 22.4 Å². The number of pyridine rings is 1. The number of imidazole rings is 1. The number of aromatic amines is 1. The number of likely N-dealkylation sites (tertiary alicyclic amines) is 1. The summed E-state index contributed by atoms with van der Waals surface area (Å²) in [5, 5.41) is 19.9. The fraction of sp³-hybridized carbons (Fsp3) is 0.364. The summed E-state index contributed by atoms with van der Waals surface area (Å²) in [7, 11) is 0. The van der Waals surface area contributed by atoms with E-state index in [1.807, 2.05) is 24.3 Å². The second kappa shape index (κ2) is 14.5. The number of oxime groups is 1. The van der Waals surface area contributed by atoms with Crippen LogP contribution in [0.4, 0.5) is 4.39 Å². The fourth-order valence-corrected chi connectivity index (χ4v) is 6.77. The normalized spacial score (nSPS) is 17.5. The third kappa shape index (κ3) is 7.41. The summed E-state index contributed by atoms with van der Waals surface area (Å²) in [5.74, 6) is 2.41. The highest BCUT2D eigenvalue weighted by Gasteiger charge is 2.26. The molecular formula is C33H35ClFN9O3S. The zero-order valence-electron chi connectivity index (χ0n) is 26.1. The van der Waals surface area contributed by atoms with E-state index in [0.717, 1.165) is 80.2 Å². The number of nitrogens with two attached hydrogens (primary N) is 1. The zero-order chi connectivity index (χ0) is 33.0. The van der Waals surface area contributed by atoms with Gasteiger partial charge in [0.1, 0.15) is 24.1 Å². The topological polar surface area (TPSA) is 153 Å². The molecule has 0 aliphatic carbocycles. The Balaban J connectivity index is 1.01. The smallest absolute Gasteiger partial charge is 0.213 e. The van der Waals surface area contributed by atoms with Gasteiger partial charge in [0.05, 0.1) is 36.0 Å². The van der Waals surface area contributed by atoms with Crippen LogP contribution in [0.5, 0.6) is 5.88 Å². The molecule has 0 saturated carbocycles. The van der Waals surface area contributed by atoms with Gasteiger partial charge in [0, 0.05) is 40.4 Å². The number of thioether (sulfide) groups is 1. The number of nitrogens with zero attached hydrogens (tertiary/aromatic N) is 7. The monoisotopic (exact) mass is 691 g/mol. The van der Waals surface area contributed by atoms with E-state index in [0.29, 0.717) is 33.4 Å². The molecule has 12 nitrogen and oxygen atoms in total. The third-order valence-corrected chi connectivity index (χ3v) is 9.85. The molecular weight excluding hydrogens is 657 g/mol. The highest BCUT2D eigenvalue weighted by atomic mass is 35.5. The van der Waals surface area contributed by atoms with E-state index >= 15 is 0 Å². The Hall–Kier alpha value is -4.24. The molecule has 5 heterocycles. The molecule has 2 aromatic carbocycles. The van der Waals surface area contributed by atoms with Gasteiger partial charge in [-0.15, -0.1) is 5.10 Å². The van der Waals surface area contributed by atoms with Crippen LogP contribution in [-0.4, -0.2) is 77.2 Å². The van der Waals surface area contributed by atoms with Gasteiger partial charge in [0.15, 0.2) is 5.82 Å². The summed E-state index contributed by atoms with van der Waals surface area (Å²) in [5.41, 5.74) is 9.82. The molecule has 0 bridgehead atoms. The average Bonchev–Trinajstić information content (AvgIpc) is 3.69. The number of ether oxygens (including phenoxy) is 2. The third-order valence-electron chi connectivity index (χ3n) is 8.73. The Morgan fingerprint density at radius 1 is 1.12 bits per heavy atom. The Morgan fingerprint density at radius 2 is 1.98 bits per heavy atom. The van der Waals surface area contributed by atoms with Gasteiger partial charge in [-0.2, -0.15) is 0 Å². The number of H-pyrrole nitrogens is 1. The van der Waals surface area contributed by atoms with E-state index in [4.69, 9.17) is 42.0 Å². The number of piperidine rings is 1. The SMILES string of the molecule is N/C(CSc1n[nH]c(-c2ccc3c(c2)nc(CN2CCC(c4cccc(OCc5ccc(Cl)cc5F)n4)CC2)n3C[C@@H]2CCO2)n1)=N\O. The molecule has 5 aromatic rings. The molecule has 2 aliphatic heterocycles. The first-order valence-corrected chi connectivity index (χ1v) is 17.2. The molecule has 48 heavy (non-hydrogen) atoms. The minimum Gasteiger partial charge on any atom is -0.473 e. The number of halogens is 2. The van der Waals surface area contributed by atoms with Crippen LogP contribution in [0.15, 0.2) is 64.9 Å². The van der Waals surface area contributed by atoms with Crippen molar-refractivity contribution in [3.8, 4) is 17.3 Å². The number of amidine groups is 1. The minimum atomic E-state index is -0.392. The summed E-state index contributed by atoms with van der Waals surface area (Å²) < 4.78 is 28.1. The van der Waals surface area contributed by atoms with Crippen molar-refractivity contribution in [2.75, 3.05) is 25.4 Å². The molecule has 4 N–H and O–H groups in total. The Labute approximate surface area is 285 Å². The summed E-state index contributed by atoms with van der Waals surface area (Å²) in [6.07, 6.45) is 3.14. The van der Waals surface area contributed by atoms with Crippen molar-refractivity contribution in [2.45, 2.75) is 56.1 Å². The van der Waals surface area contributed by atoms with Crippen LogP contribution < -0.4 is 10.5 Å². The number of hydrogen-bond donors (Lipinski definition) is 3. The molecule has 250 valence electrons.